The lowest BCUT2D eigenvalue weighted by atomic mass is 9.90. The summed E-state index contributed by atoms with van der Waals surface area (Å²) in [6.07, 6.45) is -2.28. The first-order valence-corrected chi connectivity index (χ1v) is 6.25. The third kappa shape index (κ3) is 2.14. The second-order valence-corrected chi connectivity index (χ2v) is 5.26. The number of nitrogen functional groups attached to an aromatic ring is 1. The molecule has 3 nitrogen and oxygen atoms in total. The fourth-order valence-corrected chi connectivity index (χ4v) is 2.84. The number of hydrogen-bond acceptors (Lipinski definition) is 3. The first-order chi connectivity index (χ1) is 8.90. The number of nitrogens with zero attached hydrogens (tertiary/aromatic N) is 1. The van der Waals surface area contributed by atoms with E-state index >= 15 is 0 Å². The number of anilines is 2. The zero-order chi connectivity index (χ0) is 13.7. The van der Waals surface area contributed by atoms with Crippen LogP contribution in [0.5, 0.6) is 0 Å². The largest absolute Gasteiger partial charge is 0.416 e. The number of rotatable bonds is 1. The molecular formula is C13H15F3N2O. The van der Waals surface area contributed by atoms with Crippen LogP contribution in [0.4, 0.5) is 24.5 Å². The van der Waals surface area contributed by atoms with Crippen LogP contribution in [0.3, 0.4) is 0 Å². The quantitative estimate of drug-likeness (QED) is 0.799. The fourth-order valence-electron chi connectivity index (χ4n) is 2.84. The van der Waals surface area contributed by atoms with E-state index in [2.05, 4.69) is 0 Å². The molecule has 0 aromatic heterocycles. The number of ether oxygens (including phenoxy) is 1. The molecule has 0 bridgehead atoms. The van der Waals surface area contributed by atoms with Gasteiger partial charge in [-0.15, -0.1) is 0 Å². The molecule has 6 heteroatoms. The van der Waals surface area contributed by atoms with Gasteiger partial charge in [0.05, 0.1) is 16.9 Å². The van der Waals surface area contributed by atoms with Crippen molar-refractivity contribution in [1.82, 2.24) is 0 Å². The SMILES string of the molecule is Nc1cc(C(F)(F)F)ccc1N1CC2(CCCO2)C1. The van der Waals surface area contributed by atoms with Crippen LogP contribution in [0.1, 0.15) is 18.4 Å². The Morgan fingerprint density at radius 2 is 2.00 bits per heavy atom. The molecule has 2 aliphatic heterocycles. The smallest absolute Gasteiger partial charge is 0.397 e. The standard InChI is InChI=1S/C13H15F3N2O/c14-13(15,16)9-2-3-11(10(17)6-9)18-7-12(8-18)4-1-5-19-12/h2-3,6H,1,4-5,7-8,17H2. The van der Waals surface area contributed by atoms with Crippen molar-refractivity contribution in [2.45, 2.75) is 24.6 Å². The van der Waals surface area contributed by atoms with Crippen molar-refractivity contribution in [3.05, 3.63) is 23.8 Å². The Labute approximate surface area is 109 Å². The highest BCUT2D eigenvalue weighted by Crippen LogP contribution is 2.41. The van der Waals surface area contributed by atoms with Gasteiger partial charge in [-0.2, -0.15) is 13.2 Å². The minimum absolute atomic E-state index is 0.0882. The lowest BCUT2D eigenvalue weighted by molar-refractivity contribution is -0.137. The maximum atomic E-state index is 12.5. The van der Waals surface area contributed by atoms with Gasteiger partial charge in [-0.3, -0.25) is 0 Å². The number of nitrogens with two attached hydrogens (primary N) is 1. The molecule has 0 aliphatic carbocycles. The zero-order valence-corrected chi connectivity index (χ0v) is 10.3. The van der Waals surface area contributed by atoms with E-state index in [0.717, 1.165) is 31.6 Å². The van der Waals surface area contributed by atoms with E-state index in [1.807, 2.05) is 4.90 Å². The van der Waals surface area contributed by atoms with E-state index in [9.17, 15) is 13.2 Å². The summed E-state index contributed by atoms with van der Waals surface area (Å²) in [6.45, 7) is 2.20. The number of alkyl halides is 3. The first-order valence-electron chi connectivity index (χ1n) is 6.25. The lowest BCUT2D eigenvalue weighted by Gasteiger charge is -2.48. The van der Waals surface area contributed by atoms with Gasteiger partial charge in [0.1, 0.15) is 5.60 Å². The van der Waals surface area contributed by atoms with Crippen molar-refractivity contribution in [2.24, 2.45) is 0 Å². The minimum Gasteiger partial charge on any atom is -0.397 e. The number of hydrogen-bond donors (Lipinski definition) is 1. The summed E-state index contributed by atoms with van der Waals surface area (Å²) in [6, 6.07) is 3.52. The second-order valence-electron chi connectivity index (χ2n) is 5.26. The van der Waals surface area contributed by atoms with Crippen LogP contribution in [0.2, 0.25) is 0 Å². The summed E-state index contributed by atoms with van der Waals surface area (Å²) in [4.78, 5) is 1.97. The highest BCUT2D eigenvalue weighted by Gasteiger charge is 2.47. The summed E-state index contributed by atoms with van der Waals surface area (Å²) in [5, 5.41) is 0. The molecule has 104 valence electrons. The lowest BCUT2D eigenvalue weighted by Crippen LogP contribution is -2.61. The number of halogens is 3. The van der Waals surface area contributed by atoms with Crippen molar-refractivity contribution in [3.63, 3.8) is 0 Å². The zero-order valence-electron chi connectivity index (χ0n) is 10.3. The van der Waals surface area contributed by atoms with Gasteiger partial charge in [0.25, 0.3) is 0 Å². The molecule has 1 spiro atoms. The van der Waals surface area contributed by atoms with E-state index in [4.69, 9.17) is 10.5 Å². The van der Waals surface area contributed by atoms with Crippen LogP contribution in [-0.2, 0) is 10.9 Å². The molecule has 1 aromatic rings. The molecule has 2 heterocycles. The topological polar surface area (TPSA) is 38.5 Å². The summed E-state index contributed by atoms with van der Waals surface area (Å²) in [5.41, 5.74) is 5.77. The van der Waals surface area contributed by atoms with E-state index in [1.54, 1.807) is 0 Å². The van der Waals surface area contributed by atoms with Crippen molar-refractivity contribution in [3.8, 4) is 0 Å². The van der Waals surface area contributed by atoms with Crippen LogP contribution in [-0.4, -0.2) is 25.3 Å². The second kappa shape index (κ2) is 4.03. The Morgan fingerprint density at radius 3 is 2.53 bits per heavy atom. The van der Waals surface area contributed by atoms with Gasteiger partial charge in [-0.05, 0) is 31.0 Å². The summed E-state index contributed by atoms with van der Waals surface area (Å²) in [7, 11) is 0. The fraction of sp³-hybridized carbons (Fsp3) is 0.538. The Kier molecular flexibility index (Phi) is 2.67. The van der Waals surface area contributed by atoms with Crippen LogP contribution >= 0.6 is 0 Å². The van der Waals surface area contributed by atoms with E-state index in [1.165, 1.54) is 6.07 Å². The van der Waals surface area contributed by atoms with Gasteiger partial charge >= 0.3 is 6.18 Å². The third-order valence-electron chi connectivity index (χ3n) is 3.84. The first kappa shape index (κ1) is 12.6. The van der Waals surface area contributed by atoms with Gasteiger partial charge in [-0.1, -0.05) is 0 Å². The van der Waals surface area contributed by atoms with Crippen molar-refractivity contribution >= 4 is 11.4 Å². The summed E-state index contributed by atoms with van der Waals surface area (Å²) < 4.78 is 43.3. The molecule has 19 heavy (non-hydrogen) atoms. The Hall–Kier alpha value is -1.43. The van der Waals surface area contributed by atoms with Crippen molar-refractivity contribution in [1.29, 1.82) is 0 Å². The van der Waals surface area contributed by atoms with E-state index < -0.39 is 11.7 Å². The average Bonchev–Trinajstić information content (AvgIpc) is 2.75. The Bertz CT molecular complexity index is 487. The summed E-state index contributed by atoms with van der Waals surface area (Å²) in [5.74, 6) is 0. The third-order valence-corrected chi connectivity index (χ3v) is 3.84. The predicted octanol–water partition coefficient (Wildman–Crippen LogP) is 2.66. The molecule has 0 saturated carbocycles. The molecule has 0 unspecified atom stereocenters. The predicted molar refractivity (Wildman–Crippen MR) is 66.0 cm³/mol. The molecule has 2 fully saturated rings. The van der Waals surface area contributed by atoms with Crippen molar-refractivity contribution < 1.29 is 17.9 Å². The molecule has 3 rings (SSSR count). The number of benzene rings is 1. The van der Waals surface area contributed by atoms with Gasteiger partial charge in [0, 0.05) is 19.7 Å². The normalized spacial score (nSPS) is 21.7. The van der Waals surface area contributed by atoms with Gasteiger partial charge in [0.2, 0.25) is 0 Å². The van der Waals surface area contributed by atoms with Crippen LogP contribution in [0.15, 0.2) is 18.2 Å². The Morgan fingerprint density at radius 1 is 1.26 bits per heavy atom. The van der Waals surface area contributed by atoms with E-state index in [0.29, 0.717) is 18.8 Å². The molecule has 2 aliphatic rings. The minimum atomic E-state index is -4.35. The molecule has 0 amide bonds. The van der Waals surface area contributed by atoms with Crippen LogP contribution in [0, 0.1) is 0 Å². The molecule has 0 radical (unpaired) electrons. The van der Waals surface area contributed by atoms with Crippen molar-refractivity contribution in [2.75, 3.05) is 30.3 Å². The van der Waals surface area contributed by atoms with Crippen LogP contribution in [0.25, 0.3) is 0 Å². The van der Waals surface area contributed by atoms with Gasteiger partial charge < -0.3 is 15.4 Å². The Balaban J connectivity index is 1.76. The molecule has 0 atom stereocenters. The highest BCUT2D eigenvalue weighted by atomic mass is 19.4. The average molecular weight is 272 g/mol. The molecule has 1 aromatic carbocycles. The maximum Gasteiger partial charge on any atom is 0.416 e. The van der Waals surface area contributed by atoms with Gasteiger partial charge in [0.15, 0.2) is 0 Å². The van der Waals surface area contributed by atoms with E-state index in [-0.39, 0.29) is 11.3 Å². The molecule has 2 N–H and O–H groups in total. The van der Waals surface area contributed by atoms with Gasteiger partial charge in [-0.25, -0.2) is 0 Å². The highest BCUT2D eigenvalue weighted by molar-refractivity contribution is 5.70. The van der Waals surface area contributed by atoms with Crippen LogP contribution < -0.4 is 10.6 Å². The molecular weight excluding hydrogens is 257 g/mol. The molecule has 2 saturated heterocycles. The summed E-state index contributed by atoms with van der Waals surface area (Å²) >= 11 is 0. The maximum absolute atomic E-state index is 12.5. The monoisotopic (exact) mass is 272 g/mol.